The smallest absolute Gasteiger partial charge is 0.00201 e. The third-order valence-electron chi connectivity index (χ3n) is 6.14. The van der Waals surface area contributed by atoms with Gasteiger partial charge in [0.25, 0.3) is 0 Å². The van der Waals surface area contributed by atoms with Gasteiger partial charge >= 0.3 is 0 Å². The summed E-state index contributed by atoms with van der Waals surface area (Å²) in [7, 11) is 0. The first-order valence-electron chi connectivity index (χ1n) is 10.1. The molecule has 0 aromatic heterocycles. The van der Waals surface area contributed by atoms with Crippen molar-refractivity contribution in [1.29, 1.82) is 0 Å². The second kappa shape index (κ2) is 7.55. The average molecular weight is 319 g/mol. The summed E-state index contributed by atoms with van der Waals surface area (Å²) in [5.41, 5.74) is 9.81. The van der Waals surface area contributed by atoms with E-state index in [0.29, 0.717) is 0 Å². The van der Waals surface area contributed by atoms with Crippen LogP contribution in [0, 0.1) is 0 Å². The van der Waals surface area contributed by atoms with E-state index in [0.717, 1.165) is 6.42 Å². The lowest BCUT2D eigenvalue weighted by molar-refractivity contribution is 0.578. The highest BCUT2D eigenvalue weighted by molar-refractivity contribution is 5.46. The Balaban J connectivity index is 1.70. The Morgan fingerprint density at radius 3 is 1.33 bits per heavy atom. The monoisotopic (exact) mass is 318 g/mol. The summed E-state index contributed by atoms with van der Waals surface area (Å²) >= 11 is 0. The zero-order chi connectivity index (χ0) is 16.2. The number of rotatable bonds is 0. The van der Waals surface area contributed by atoms with Gasteiger partial charge in [-0.2, -0.15) is 0 Å². The summed E-state index contributed by atoms with van der Waals surface area (Å²) in [4.78, 5) is 0. The number of fused-ring (bicyclic) bond motifs is 1. The standard InChI is InChI=1S/C24H30/c1-2-4-6-10-19-12-8-14-21-18-22-15-9-13-20(11-7-5-3-1)24(22)17-16-23(19)21/h8-9,12-15H,1-7,10-11,16-18H2. The van der Waals surface area contributed by atoms with E-state index in [2.05, 4.69) is 36.4 Å². The first-order valence-corrected chi connectivity index (χ1v) is 10.1. The van der Waals surface area contributed by atoms with E-state index in [1.54, 1.807) is 33.4 Å². The molecule has 0 saturated carbocycles. The van der Waals surface area contributed by atoms with Gasteiger partial charge in [-0.3, -0.25) is 0 Å². The first-order chi connectivity index (χ1) is 11.9. The van der Waals surface area contributed by atoms with Gasteiger partial charge in [-0.05, 0) is 78.3 Å². The number of aryl methyl sites for hydroxylation is 2. The molecule has 4 rings (SSSR count). The Hall–Kier alpha value is -1.56. The van der Waals surface area contributed by atoms with Crippen LogP contribution in [0.2, 0.25) is 0 Å². The number of hydrogen-bond donors (Lipinski definition) is 0. The molecule has 0 amide bonds. The number of benzene rings is 2. The fourth-order valence-electron chi connectivity index (χ4n) is 4.79. The molecule has 0 aliphatic heterocycles. The normalized spacial score (nSPS) is 18.5. The molecule has 2 aromatic rings. The molecular formula is C24H30. The van der Waals surface area contributed by atoms with Crippen molar-refractivity contribution in [3.05, 3.63) is 69.8 Å². The Labute approximate surface area is 147 Å². The third-order valence-corrected chi connectivity index (χ3v) is 6.14. The van der Waals surface area contributed by atoms with Crippen molar-refractivity contribution < 1.29 is 0 Å². The van der Waals surface area contributed by atoms with Crippen LogP contribution in [-0.2, 0) is 32.1 Å². The van der Waals surface area contributed by atoms with Crippen LogP contribution in [-0.4, -0.2) is 0 Å². The van der Waals surface area contributed by atoms with Gasteiger partial charge in [0.15, 0.2) is 0 Å². The van der Waals surface area contributed by atoms with E-state index in [1.807, 2.05) is 0 Å². The minimum Gasteiger partial charge on any atom is -0.0617 e. The maximum atomic E-state index is 2.40. The van der Waals surface area contributed by atoms with Crippen LogP contribution in [0.5, 0.6) is 0 Å². The lowest BCUT2D eigenvalue weighted by Gasteiger charge is -2.13. The minimum atomic E-state index is 1.15. The Morgan fingerprint density at radius 2 is 0.833 bits per heavy atom. The number of hydrogen-bond acceptors (Lipinski definition) is 0. The molecular weight excluding hydrogens is 288 g/mol. The molecule has 2 aliphatic rings. The van der Waals surface area contributed by atoms with E-state index in [4.69, 9.17) is 0 Å². The van der Waals surface area contributed by atoms with E-state index in [9.17, 15) is 0 Å². The van der Waals surface area contributed by atoms with Crippen molar-refractivity contribution in [2.24, 2.45) is 0 Å². The molecule has 0 radical (unpaired) electrons. The molecule has 0 saturated heterocycles. The zero-order valence-electron chi connectivity index (χ0n) is 14.9. The summed E-state index contributed by atoms with van der Waals surface area (Å²) in [6.07, 6.45) is 16.0. The van der Waals surface area contributed by atoms with E-state index < -0.39 is 0 Å². The van der Waals surface area contributed by atoms with Gasteiger partial charge in [0.05, 0.1) is 0 Å². The van der Waals surface area contributed by atoms with Crippen molar-refractivity contribution >= 4 is 0 Å². The largest absolute Gasteiger partial charge is 0.0617 e. The van der Waals surface area contributed by atoms with Gasteiger partial charge < -0.3 is 0 Å². The predicted octanol–water partition coefficient (Wildman–Crippen LogP) is 6.21. The van der Waals surface area contributed by atoms with Crippen LogP contribution in [0.25, 0.3) is 0 Å². The maximum absolute atomic E-state index is 2.40. The molecule has 126 valence electrons. The van der Waals surface area contributed by atoms with Crippen LogP contribution in [0.3, 0.4) is 0 Å². The highest BCUT2D eigenvalue weighted by Gasteiger charge is 2.18. The molecule has 0 N–H and O–H groups in total. The summed E-state index contributed by atoms with van der Waals surface area (Å²) in [5.74, 6) is 0. The molecule has 0 atom stereocenters. The highest BCUT2D eigenvalue weighted by Crippen LogP contribution is 2.30. The molecule has 0 fully saturated rings. The minimum absolute atomic E-state index is 1.15. The third kappa shape index (κ3) is 3.43. The Morgan fingerprint density at radius 1 is 0.417 bits per heavy atom. The summed E-state index contributed by atoms with van der Waals surface area (Å²) in [6.45, 7) is 0. The molecule has 0 heteroatoms. The van der Waals surface area contributed by atoms with E-state index in [1.165, 1.54) is 70.6 Å². The molecule has 0 spiro atoms. The molecule has 0 heterocycles. The molecule has 2 aromatic carbocycles. The van der Waals surface area contributed by atoms with Gasteiger partial charge in [-0.25, -0.2) is 0 Å². The van der Waals surface area contributed by atoms with Crippen LogP contribution in [0.15, 0.2) is 36.4 Å². The van der Waals surface area contributed by atoms with Gasteiger partial charge in [0.1, 0.15) is 0 Å². The summed E-state index contributed by atoms with van der Waals surface area (Å²) in [6, 6.07) is 14.1. The molecule has 24 heavy (non-hydrogen) atoms. The van der Waals surface area contributed by atoms with Gasteiger partial charge in [-0.1, -0.05) is 68.5 Å². The van der Waals surface area contributed by atoms with Crippen LogP contribution in [0.1, 0.15) is 78.3 Å². The second-order valence-corrected chi connectivity index (χ2v) is 7.76. The Kier molecular flexibility index (Phi) is 5.02. The topological polar surface area (TPSA) is 0 Å². The molecule has 0 unspecified atom stereocenters. The van der Waals surface area contributed by atoms with Gasteiger partial charge in [0.2, 0.25) is 0 Å². The summed E-state index contributed by atoms with van der Waals surface area (Å²) in [5, 5.41) is 0. The maximum Gasteiger partial charge on any atom is -0.00201 e. The Bertz CT molecular complexity index is 636. The predicted molar refractivity (Wildman–Crippen MR) is 103 cm³/mol. The lowest BCUT2D eigenvalue weighted by atomic mass is 9.92. The molecule has 0 nitrogen and oxygen atoms in total. The SMILES string of the molecule is c1cc2c3c(c1)Cc1cccc(c1CC3)CCCCCCCCC2. The van der Waals surface area contributed by atoms with Crippen molar-refractivity contribution in [1.82, 2.24) is 0 Å². The van der Waals surface area contributed by atoms with Gasteiger partial charge in [-0.15, -0.1) is 0 Å². The fourth-order valence-corrected chi connectivity index (χ4v) is 4.79. The highest BCUT2D eigenvalue weighted by atomic mass is 14.2. The first kappa shape index (κ1) is 15.9. The van der Waals surface area contributed by atoms with E-state index in [-0.39, 0.29) is 0 Å². The van der Waals surface area contributed by atoms with Crippen molar-refractivity contribution in [3.8, 4) is 0 Å². The second-order valence-electron chi connectivity index (χ2n) is 7.76. The fraction of sp³-hybridized carbons (Fsp3) is 0.500. The van der Waals surface area contributed by atoms with Crippen LogP contribution in [0.4, 0.5) is 0 Å². The average Bonchev–Trinajstić information content (AvgIpc) is 2.80. The van der Waals surface area contributed by atoms with Crippen LogP contribution < -0.4 is 0 Å². The molecule has 2 aliphatic carbocycles. The zero-order valence-corrected chi connectivity index (χ0v) is 14.9. The quantitative estimate of drug-likeness (QED) is 0.542. The summed E-state index contributed by atoms with van der Waals surface area (Å²) < 4.78 is 0. The van der Waals surface area contributed by atoms with Crippen molar-refractivity contribution in [2.45, 2.75) is 77.0 Å². The van der Waals surface area contributed by atoms with E-state index >= 15 is 0 Å². The molecule has 2 bridgehead atoms. The van der Waals surface area contributed by atoms with Crippen molar-refractivity contribution in [2.75, 3.05) is 0 Å². The van der Waals surface area contributed by atoms with Gasteiger partial charge in [0, 0.05) is 0 Å². The van der Waals surface area contributed by atoms with Crippen molar-refractivity contribution in [3.63, 3.8) is 0 Å². The van der Waals surface area contributed by atoms with Crippen LogP contribution >= 0.6 is 0 Å². The lowest BCUT2D eigenvalue weighted by Crippen LogP contribution is -2.00.